The number of hydrogen-bond acceptors (Lipinski definition) is 5. The molecule has 1 aliphatic heterocycles. The zero-order valence-corrected chi connectivity index (χ0v) is 12.8. The first kappa shape index (κ1) is 15.5. The lowest BCUT2D eigenvalue weighted by atomic mass is 10.4. The molecule has 0 aliphatic carbocycles. The van der Waals surface area contributed by atoms with Gasteiger partial charge >= 0.3 is 8.80 Å². The average Bonchev–Trinajstić information content (AvgIpc) is 2.83. The molecule has 0 spiro atoms. The van der Waals surface area contributed by atoms with E-state index in [1.54, 1.807) is 0 Å². The van der Waals surface area contributed by atoms with E-state index in [0.29, 0.717) is 19.8 Å². The summed E-state index contributed by atoms with van der Waals surface area (Å²) in [6.45, 7) is 9.83. The van der Waals surface area contributed by atoms with Gasteiger partial charge in [-0.1, -0.05) is 0 Å². The first-order chi connectivity index (χ1) is 8.76. The lowest BCUT2D eigenvalue weighted by Crippen LogP contribution is -2.46. The van der Waals surface area contributed by atoms with Gasteiger partial charge < -0.3 is 23.5 Å². The summed E-state index contributed by atoms with van der Waals surface area (Å²) in [6.07, 6.45) is 5.07. The lowest BCUT2D eigenvalue weighted by Gasteiger charge is -2.29. The Kier molecular flexibility index (Phi) is 7.34. The van der Waals surface area contributed by atoms with E-state index in [1.165, 1.54) is 0 Å². The summed E-state index contributed by atoms with van der Waals surface area (Å²) in [4.78, 5) is 2.24. The van der Waals surface area contributed by atoms with Crippen LogP contribution in [-0.4, -0.2) is 46.7 Å². The third kappa shape index (κ3) is 4.97. The Balaban J connectivity index is 2.39. The van der Waals surface area contributed by atoms with Crippen molar-refractivity contribution < 1.29 is 13.3 Å². The van der Waals surface area contributed by atoms with Gasteiger partial charge in [-0.2, -0.15) is 0 Å². The summed E-state index contributed by atoms with van der Waals surface area (Å²) in [7, 11) is -2.44. The second-order valence-corrected chi connectivity index (χ2v) is 6.81. The Morgan fingerprint density at radius 1 is 1.11 bits per heavy atom. The van der Waals surface area contributed by atoms with Crippen molar-refractivity contribution in [3.63, 3.8) is 0 Å². The Morgan fingerprint density at radius 2 is 1.72 bits per heavy atom. The fraction of sp³-hybridized carbons (Fsp3) is 0.833. The zero-order chi connectivity index (χ0) is 13.3. The van der Waals surface area contributed by atoms with E-state index in [9.17, 15) is 0 Å². The monoisotopic (exact) mass is 274 g/mol. The van der Waals surface area contributed by atoms with Crippen LogP contribution in [0.2, 0.25) is 6.04 Å². The quantitative estimate of drug-likeness (QED) is 0.615. The molecule has 0 fully saturated rings. The summed E-state index contributed by atoms with van der Waals surface area (Å²) >= 11 is 0. The van der Waals surface area contributed by atoms with Crippen LogP contribution in [0.5, 0.6) is 0 Å². The van der Waals surface area contributed by atoms with Crippen LogP contribution >= 0.6 is 0 Å². The van der Waals surface area contributed by atoms with Crippen LogP contribution in [0.3, 0.4) is 0 Å². The van der Waals surface area contributed by atoms with Crippen molar-refractivity contribution in [1.82, 2.24) is 10.2 Å². The Hall–Kier alpha value is -0.563. The van der Waals surface area contributed by atoms with Gasteiger partial charge in [0.25, 0.3) is 0 Å². The van der Waals surface area contributed by atoms with Crippen molar-refractivity contribution in [3.05, 3.63) is 12.4 Å². The smallest absolute Gasteiger partial charge is 0.374 e. The molecule has 0 saturated heterocycles. The first-order valence-corrected chi connectivity index (χ1v) is 8.75. The predicted molar refractivity (Wildman–Crippen MR) is 73.9 cm³/mol. The van der Waals surface area contributed by atoms with Crippen LogP contribution in [0.4, 0.5) is 0 Å². The van der Waals surface area contributed by atoms with Crippen LogP contribution in [0.25, 0.3) is 0 Å². The molecule has 0 aromatic rings. The van der Waals surface area contributed by atoms with Crippen molar-refractivity contribution in [2.24, 2.45) is 0 Å². The van der Waals surface area contributed by atoms with E-state index in [4.69, 9.17) is 13.3 Å². The highest BCUT2D eigenvalue weighted by atomic mass is 28.4. The SMILES string of the molecule is CCO[Si](CCCN1C=CNC1)(OCC)OCC. The molecule has 0 atom stereocenters. The molecule has 0 saturated carbocycles. The molecule has 106 valence electrons. The van der Waals surface area contributed by atoms with Crippen molar-refractivity contribution in [3.8, 4) is 0 Å². The first-order valence-electron chi connectivity index (χ1n) is 6.82. The molecule has 6 heteroatoms. The molecule has 0 unspecified atom stereocenters. The molecule has 0 radical (unpaired) electrons. The van der Waals surface area contributed by atoms with Gasteiger partial charge in [0.15, 0.2) is 0 Å². The minimum atomic E-state index is -2.44. The maximum Gasteiger partial charge on any atom is 0.500 e. The van der Waals surface area contributed by atoms with Crippen molar-refractivity contribution >= 4 is 8.80 Å². The fourth-order valence-corrected chi connectivity index (χ4v) is 4.63. The number of rotatable bonds is 10. The topological polar surface area (TPSA) is 43.0 Å². The van der Waals surface area contributed by atoms with E-state index in [2.05, 4.69) is 16.4 Å². The minimum Gasteiger partial charge on any atom is -0.374 e. The summed E-state index contributed by atoms with van der Waals surface area (Å²) in [5, 5.41) is 3.16. The third-order valence-corrected chi connectivity index (χ3v) is 5.87. The molecule has 1 aliphatic rings. The van der Waals surface area contributed by atoms with Crippen LogP contribution in [-0.2, 0) is 13.3 Å². The second-order valence-electron chi connectivity index (χ2n) is 4.08. The van der Waals surface area contributed by atoms with Gasteiger partial charge in [-0.05, 0) is 27.2 Å². The van der Waals surface area contributed by atoms with Crippen molar-refractivity contribution in [2.75, 3.05) is 33.0 Å². The van der Waals surface area contributed by atoms with Crippen molar-refractivity contribution in [2.45, 2.75) is 33.2 Å². The van der Waals surface area contributed by atoms with Gasteiger partial charge in [0.2, 0.25) is 0 Å². The van der Waals surface area contributed by atoms with E-state index < -0.39 is 8.80 Å². The number of nitrogens with zero attached hydrogens (tertiary/aromatic N) is 1. The van der Waals surface area contributed by atoms with Crippen LogP contribution in [0.1, 0.15) is 27.2 Å². The maximum absolute atomic E-state index is 5.82. The Labute approximate surface area is 111 Å². The molecule has 1 rings (SSSR count). The summed E-state index contributed by atoms with van der Waals surface area (Å²) in [6, 6.07) is 0.882. The third-order valence-electron chi connectivity index (χ3n) is 2.72. The summed E-state index contributed by atoms with van der Waals surface area (Å²) < 4.78 is 17.5. The molecular formula is C12H26N2O3Si. The lowest BCUT2D eigenvalue weighted by molar-refractivity contribution is 0.0703. The largest absolute Gasteiger partial charge is 0.500 e. The van der Waals surface area contributed by atoms with Crippen molar-refractivity contribution in [1.29, 1.82) is 0 Å². The number of nitrogens with one attached hydrogen (secondary N) is 1. The van der Waals surface area contributed by atoms with Crippen LogP contribution < -0.4 is 5.32 Å². The second kappa shape index (κ2) is 8.52. The maximum atomic E-state index is 5.82. The highest BCUT2D eigenvalue weighted by molar-refractivity contribution is 6.60. The zero-order valence-electron chi connectivity index (χ0n) is 11.8. The summed E-state index contributed by atoms with van der Waals surface area (Å²) in [5.41, 5.74) is 0. The van der Waals surface area contributed by atoms with Gasteiger partial charge in [0.1, 0.15) is 0 Å². The van der Waals surface area contributed by atoms with Crippen LogP contribution in [0.15, 0.2) is 12.4 Å². The molecule has 18 heavy (non-hydrogen) atoms. The van der Waals surface area contributed by atoms with E-state index in [1.807, 2.05) is 27.0 Å². The van der Waals surface area contributed by atoms with Gasteiger partial charge in [-0.25, -0.2) is 0 Å². The highest BCUT2D eigenvalue weighted by Gasteiger charge is 2.39. The Morgan fingerprint density at radius 3 is 2.17 bits per heavy atom. The highest BCUT2D eigenvalue weighted by Crippen LogP contribution is 2.18. The molecule has 0 aromatic heterocycles. The van der Waals surface area contributed by atoms with E-state index in [-0.39, 0.29) is 0 Å². The Bertz CT molecular complexity index is 234. The standard InChI is InChI=1S/C12H26N2O3Si/c1-4-15-18(16-5-2,17-6-3)11-7-9-14-10-8-13-12-14/h8,10,13H,4-7,9,11-12H2,1-3H3. The molecule has 1 heterocycles. The molecule has 0 amide bonds. The van der Waals surface area contributed by atoms with Gasteiger partial charge in [0, 0.05) is 44.8 Å². The molecular weight excluding hydrogens is 248 g/mol. The molecule has 1 N–H and O–H groups in total. The summed E-state index contributed by atoms with van der Waals surface area (Å²) in [5.74, 6) is 0. The van der Waals surface area contributed by atoms with Gasteiger partial charge in [-0.3, -0.25) is 0 Å². The van der Waals surface area contributed by atoms with E-state index in [0.717, 1.165) is 25.7 Å². The van der Waals surface area contributed by atoms with Gasteiger partial charge in [0.05, 0.1) is 6.67 Å². The molecule has 0 aromatic carbocycles. The molecule has 0 bridgehead atoms. The van der Waals surface area contributed by atoms with E-state index >= 15 is 0 Å². The minimum absolute atomic E-state index is 0.650. The number of hydrogen-bond donors (Lipinski definition) is 1. The van der Waals surface area contributed by atoms with Gasteiger partial charge in [-0.15, -0.1) is 0 Å². The van der Waals surface area contributed by atoms with Crippen LogP contribution in [0, 0.1) is 0 Å². The molecule has 5 nitrogen and oxygen atoms in total. The predicted octanol–water partition coefficient (Wildman–Crippen LogP) is 1.76. The fourth-order valence-electron chi connectivity index (χ4n) is 2.03. The average molecular weight is 274 g/mol. The normalized spacial score (nSPS) is 15.2.